The number of aryl methyl sites for hydroxylation is 1. The molecule has 0 spiro atoms. The van der Waals surface area contributed by atoms with Crippen molar-refractivity contribution in [3.05, 3.63) is 47.2 Å². The van der Waals surface area contributed by atoms with Crippen molar-refractivity contribution in [1.82, 2.24) is 15.5 Å². The molecule has 20 heavy (non-hydrogen) atoms. The molecule has 5 heteroatoms. The van der Waals surface area contributed by atoms with Crippen LogP contribution >= 0.6 is 0 Å². The second-order valence-corrected chi connectivity index (χ2v) is 5.06. The van der Waals surface area contributed by atoms with Crippen LogP contribution in [-0.4, -0.2) is 22.6 Å². The molecule has 1 N–H and O–H groups in total. The molecule has 2 rings (SSSR count). The molecule has 1 aromatic carbocycles. The molecule has 0 aliphatic rings. The van der Waals surface area contributed by atoms with E-state index in [1.807, 2.05) is 39.0 Å². The molecule has 5 nitrogen and oxygen atoms in total. The first-order valence-corrected chi connectivity index (χ1v) is 6.73. The SMILES string of the molecule is Cc1cccc(C(=O)NCCc2nnc(C(C)C)o2)c1. The quantitative estimate of drug-likeness (QED) is 0.908. The molecular weight excluding hydrogens is 254 g/mol. The van der Waals surface area contributed by atoms with Gasteiger partial charge < -0.3 is 9.73 Å². The Morgan fingerprint density at radius 3 is 2.80 bits per heavy atom. The van der Waals surface area contributed by atoms with E-state index in [-0.39, 0.29) is 11.8 Å². The van der Waals surface area contributed by atoms with Crippen LogP contribution in [0.3, 0.4) is 0 Å². The van der Waals surface area contributed by atoms with Crippen LogP contribution in [0.25, 0.3) is 0 Å². The van der Waals surface area contributed by atoms with Gasteiger partial charge >= 0.3 is 0 Å². The maximum atomic E-state index is 11.9. The van der Waals surface area contributed by atoms with Crippen LogP contribution < -0.4 is 5.32 Å². The number of rotatable bonds is 5. The van der Waals surface area contributed by atoms with E-state index in [0.717, 1.165) is 5.56 Å². The summed E-state index contributed by atoms with van der Waals surface area (Å²) in [4.78, 5) is 11.9. The number of hydrogen-bond donors (Lipinski definition) is 1. The van der Waals surface area contributed by atoms with Crippen molar-refractivity contribution < 1.29 is 9.21 Å². The zero-order chi connectivity index (χ0) is 14.5. The first-order valence-electron chi connectivity index (χ1n) is 6.73. The third-order valence-electron chi connectivity index (χ3n) is 2.88. The fraction of sp³-hybridized carbons (Fsp3) is 0.400. The van der Waals surface area contributed by atoms with Gasteiger partial charge in [0.15, 0.2) is 0 Å². The van der Waals surface area contributed by atoms with Gasteiger partial charge in [0.25, 0.3) is 5.91 Å². The minimum absolute atomic E-state index is 0.0858. The highest BCUT2D eigenvalue weighted by Gasteiger charge is 2.10. The lowest BCUT2D eigenvalue weighted by molar-refractivity contribution is 0.0953. The van der Waals surface area contributed by atoms with E-state index in [2.05, 4.69) is 15.5 Å². The lowest BCUT2D eigenvalue weighted by atomic mass is 10.1. The van der Waals surface area contributed by atoms with Crippen molar-refractivity contribution in [3.8, 4) is 0 Å². The summed E-state index contributed by atoms with van der Waals surface area (Å²) in [5.74, 6) is 1.32. The number of hydrogen-bond acceptors (Lipinski definition) is 4. The predicted octanol–water partition coefficient (Wildman–Crippen LogP) is 2.47. The van der Waals surface area contributed by atoms with E-state index in [1.54, 1.807) is 6.07 Å². The van der Waals surface area contributed by atoms with Crippen LogP contribution in [0, 0.1) is 6.92 Å². The van der Waals surface area contributed by atoms with Gasteiger partial charge in [-0.05, 0) is 19.1 Å². The normalized spacial score (nSPS) is 10.8. The highest BCUT2D eigenvalue weighted by atomic mass is 16.4. The molecular formula is C15H19N3O2. The van der Waals surface area contributed by atoms with Crippen LogP contribution in [0.2, 0.25) is 0 Å². The third-order valence-corrected chi connectivity index (χ3v) is 2.88. The van der Waals surface area contributed by atoms with Gasteiger partial charge in [-0.25, -0.2) is 0 Å². The molecule has 0 aliphatic heterocycles. The maximum absolute atomic E-state index is 11.9. The Bertz CT molecular complexity index is 590. The molecule has 1 aromatic heterocycles. The molecule has 0 saturated heterocycles. The van der Waals surface area contributed by atoms with E-state index in [9.17, 15) is 4.79 Å². The van der Waals surface area contributed by atoms with Crippen LogP contribution in [0.15, 0.2) is 28.7 Å². The van der Waals surface area contributed by atoms with Gasteiger partial charge in [0.2, 0.25) is 11.8 Å². The number of carbonyl (C=O) groups is 1. The number of carbonyl (C=O) groups excluding carboxylic acids is 1. The molecule has 0 bridgehead atoms. The summed E-state index contributed by atoms with van der Waals surface area (Å²) in [5.41, 5.74) is 1.73. The second kappa shape index (κ2) is 6.32. The number of amides is 1. The van der Waals surface area contributed by atoms with Gasteiger partial charge in [-0.1, -0.05) is 31.5 Å². The highest BCUT2D eigenvalue weighted by molar-refractivity contribution is 5.94. The van der Waals surface area contributed by atoms with Gasteiger partial charge in [0.1, 0.15) is 0 Å². The molecule has 2 aromatic rings. The molecule has 1 heterocycles. The van der Waals surface area contributed by atoms with E-state index in [4.69, 9.17) is 4.42 Å². The fourth-order valence-electron chi connectivity index (χ4n) is 1.77. The Morgan fingerprint density at radius 2 is 2.15 bits per heavy atom. The average Bonchev–Trinajstić information content (AvgIpc) is 2.87. The van der Waals surface area contributed by atoms with Crippen LogP contribution in [0.1, 0.15) is 47.5 Å². The summed E-state index contributed by atoms with van der Waals surface area (Å²) in [6.45, 7) is 6.43. The van der Waals surface area contributed by atoms with Gasteiger partial charge in [0.05, 0.1) is 0 Å². The number of aromatic nitrogens is 2. The largest absolute Gasteiger partial charge is 0.425 e. The fourth-order valence-corrected chi connectivity index (χ4v) is 1.77. The average molecular weight is 273 g/mol. The van der Waals surface area contributed by atoms with Crippen LogP contribution in [-0.2, 0) is 6.42 Å². The molecule has 0 unspecified atom stereocenters. The molecule has 0 radical (unpaired) electrons. The second-order valence-electron chi connectivity index (χ2n) is 5.06. The Morgan fingerprint density at radius 1 is 1.35 bits per heavy atom. The lowest BCUT2D eigenvalue weighted by Gasteiger charge is -2.04. The van der Waals surface area contributed by atoms with Crippen molar-refractivity contribution >= 4 is 5.91 Å². The van der Waals surface area contributed by atoms with Crippen molar-refractivity contribution in [1.29, 1.82) is 0 Å². The summed E-state index contributed by atoms with van der Waals surface area (Å²) in [5, 5.41) is 10.8. The molecule has 1 amide bonds. The number of nitrogens with zero attached hydrogens (tertiary/aromatic N) is 2. The first kappa shape index (κ1) is 14.2. The number of nitrogens with one attached hydrogen (secondary N) is 1. The van der Waals surface area contributed by atoms with Gasteiger partial charge in [-0.3, -0.25) is 4.79 Å². The summed E-state index contributed by atoms with van der Waals surface area (Å²) in [7, 11) is 0. The van der Waals surface area contributed by atoms with E-state index in [1.165, 1.54) is 0 Å². The predicted molar refractivity (Wildman–Crippen MR) is 75.6 cm³/mol. The van der Waals surface area contributed by atoms with E-state index in [0.29, 0.717) is 30.3 Å². The van der Waals surface area contributed by atoms with E-state index < -0.39 is 0 Å². The summed E-state index contributed by atoms with van der Waals surface area (Å²) >= 11 is 0. The Hall–Kier alpha value is -2.17. The van der Waals surface area contributed by atoms with Gasteiger partial charge in [-0.15, -0.1) is 10.2 Å². The van der Waals surface area contributed by atoms with Crippen molar-refractivity contribution in [2.75, 3.05) is 6.54 Å². The first-order chi connectivity index (χ1) is 9.56. The minimum atomic E-state index is -0.0858. The minimum Gasteiger partial charge on any atom is -0.425 e. The smallest absolute Gasteiger partial charge is 0.251 e. The van der Waals surface area contributed by atoms with Crippen molar-refractivity contribution in [3.63, 3.8) is 0 Å². The summed E-state index contributed by atoms with van der Waals surface area (Å²) < 4.78 is 5.48. The maximum Gasteiger partial charge on any atom is 0.251 e. The van der Waals surface area contributed by atoms with Crippen LogP contribution in [0.5, 0.6) is 0 Å². The standard InChI is InChI=1S/C15H19N3O2/c1-10(2)15-18-17-13(20-15)7-8-16-14(19)12-6-4-5-11(3)9-12/h4-6,9-10H,7-8H2,1-3H3,(H,16,19). The Labute approximate surface area is 118 Å². The highest BCUT2D eigenvalue weighted by Crippen LogP contribution is 2.11. The third kappa shape index (κ3) is 3.66. The summed E-state index contributed by atoms with van der Waals surface area (Å²) in [6, 6.07) is 7.49. The van der Waals surface area contributed by atoms with Crippen LogP contribution in [0.4, 0.5) is 0 Å². The molecule has 0 aliphatic carbocycles. The monoisotopic (exact) mass is 273 g/mol. The molecule has 0 atom stereocenters. The Kier molecular flexibility index (Phi) is 4.50. The topological polar surface area (TPSA) is 68.0 Å². The Balaban J connectivity index is 1.84. The molecule has 0 saturated carbocycles. The van der Waals surface area contributed by atoms with E-state index >= 15 is 0 Å². The zero-order valence-electron chi connectivity index (χ0n) is 12.0. The molecule has 0 fully saturated rings. The van der Waals surface area contributed by atoms with Crippen molar-refractivity contribution in [2.24, 2.45) is 0 Å². The zero-order valence-corrected chi connectivity index (χ0v) is 12.0. The van der Waals surface area contributed by atoms with Crippen molar-refractivity contribution in [2.45, 2.75) is 33.1 Å². The van der Waals surface area contributed by atoms with Gasteiger partial charge in [-0.2, -0.15) is 0 Å². The number of benzene rings is 1. The lowest BCUT2D eigenvalue weighted by Crippen LogP contribution is -2.25. The summed E-state index contributed by atoms with van der Waals surface area (Å²) in [6.07, 6.45) is 0.539. The molecule has 106 valence electrons. The van der Waals surface area contributed by atoms with Gasteiger partial charge in [0, 0.05) is 24.4 Å².